The van der Waals surface area contributed by atoms with Gasteiger partial charge in [-0.2, -0.15) is 4.98 Å². The number of nitrogens with zero attached hydrogens (tertiary/aromatic N) is 2. The molecule has 2 aromatic rings. The minimum atomic E-state index is -0.472. The summed E-state index contributed by atoms with van der Waals surface area (Å²) >= 11 is 5.02. The van der Waals surface area contributed by atoms with Gasteiger partial charge in [0.1, 0.15) is 5.82 Å². The number of aliphatic hydroxyl groups is 2. The Kier molecular flexibility index (Phi) is 6.44. The lowest BCUT2D eigenvalue weighted by Gasteiger charge is -2.15. The number of hydrogen-bond acceptors (Lipinski definition) is 7. The summed E-state index contributed by atoms with van der Waals surface area (Å²) in [7, 11) is 0. The second-order valence-electron chi connectivity index (χ2n) is 4.45. The lowest BCUT2D eigenvalue weighted by Crippen LogP contribution is -2.28. The summed E-state index contributed by atoms with van der Waals surface area (Å²) < 4.78 is 0.655. The minimum absolute atomic E-state index is 0.189. The van der Waals surface area contributed by atoms with Crippen molar-refractivity contribution in [1.82, 2.24) is 9.97 Å². The highest BCUT2D eigenvalue weighted by Gasteiger charge is 2.11. The van der Waals surface area contributed by atoms with E-state index in [4.69, 9.17) is 10.2 Å². The largest absolute Gasteiger partial charge is 0.394 e. The van der Waals surface area contributed by atoms with E-state index in [9.17, 15) is 0 Å². The number of thioether (sulfide) groups is 1. The average molecular weight is 385 g/mol. The fraction of sp³-hybridized carbons (Fsp3) is 0.286. The van der Waals surface area contributed by atoms with Crippen molar-refractivity contribution >= 4 is 45.1 Å². The van der Waals surface area contributed by atoms with E-state index in [1.54, 1.807) is 18.0 Å². The van der Waals surface area contributed by atoms with Crippen LogP contribution in [0.15, 0.2) is 39.8 Å². The smallest absolute Gasteiger partial charge is 0.229 e. The Balaban J connectivity index is 2.14. The van der Waals surface area contributed by atoms with Crippen LogP contribution in [0.2, 0.25) is 0 Å². The Morgan fingerprint density at radius 3 is 2.50 bits per heavy atom. The molecule has 0 amide bonds. The molecule has 0 spiro atoms. The molecular formula is C14H17BrN4O2S. The number of aliphatic hydroxyl groups excluding tert-OH is 2. The van der Waals surface area contributed by atoms with Crippen LogP contribution in [0.5, 0.6) is 0 Å². The first-order valence-corrected chi connectivity index (χ1v) is 8.60. The molecule has 1 aromatic heterocycles. The first kappa shape index (κ1) is 17.0. The zero-order valence-electron chi connectivity index (χ0n) is 12.0. The molecule has 0 saturated heterocycles. The van der Waals surface area contributed by atoms with E-state index in [0.717, 1.165) is 5.69 Å². The predicted molar refractivity (Wildman–Crippen MR) is 92.8 cm³/mol. The van der Waals surface area contributed by atoms with Crippen LogP contribution in [0.4, 0.5) is 17.5 Å². The van der Waals surface area contributed by atoms with Crippen molar-refractivity contribution in [2.75, 3.05) is 30.1 Å². The van der Waals surface area contributed by atoms with E-state index in [1.165, 1.54) is 4.90 Å². The molecule has 22 heavy (non-hydrogen) atoms. The Morgan fingerprint density at radius 2 is 1.91 bits per heavy atom. The monoisotopic (exact) mass is 384 g/mol. The van der Waals surface area contributed by atoms with Gasteiger partial charge in [-0.25, -0.2) is 4.98 Å². The Morgan fingerprint density at radius 1 is 1.23 bits per heavy atom. The molecule has 0 fully saturated rings. The molecule has 118 valence electrons. The number of hydrogen-bond donors (Lipinski definition) is 4. The Hall–Kier alpha value is -1.35. The number of rotatable bonds is 7. The normalized spacial score (nSPS) is 10.8. The summed E-state index contributed by atoms with van der Waals surface area (Å²) in [5.41, 5.74) is 0.881. The van der Waals surface area contributed by atoms with Gasteiger partial charge in [0.15, 0.2) is 0 Å². The summed E-state index contributed by atoms with van der Waals surface area (Å²) in [6.07, 6.45) is 3.64. The maximum atomic E-state index is 9.13. The van der Waals surface area contributed by atoms with Crippen molar-refractivity contribution in [2.45, 2.75) is 10.9 Å². The van der Waals surface area contributed by atoms with Gasteiger partial charge in [0.25, 0.3) is 0 Å². The van der Waals surface area contributed by atoms with Crippen molar-refractivity contribution in [2.24, 2.45) is 0 Å². The molecular weight excluding hydrogens is 368 g/mol. The second kappa shape index (κ2) is 8.33. The van der Waals surface area contributed by atoms with Gasteiger partial charge in [-0.1, -0.05) is 0 Å². The molecule has 0 aliphatic carbocycles. The zero-order chi connectivity index (χ0) is 15.9. The molecule has 2 rings (SSSR count). The van der Waals surface area contributed by atoms with Crippen molar-refractivity contribution in [3.05, 3.63) is 34.9 Å². The SMILES string of the molecule is CSc1ccc(Nc2ncc(Br)c(NC(CO)CO)n2)cc1. The second-order valence-corrected chi connectivity index (χ2v) is 6.18. The molecule has 1 heterocycles. The van der Waals surface area contributed by atoms with E-state index >= 15 is 0 Å². The third kappa shape index (κ3) is 4.57. The first-order chi connectivity index (χ1) is 10.7. The quantitative estimate of drug-likeness (QED) is 0.545. The van der Waals surface area contributed by atoms with Crippen LogP contribution < -0.4 is 10.6 Å². The predicted octanol–water partition coefficient (Wildman–Crippen LogP) is 2.47. The number of benzene rings is 1. The van der Waals surface area contributed by atoms with Crippen molar-refractivity contribution in [3.63, 3.8) is 0 Å². The van der Waals surface area contributed by atoms with Gasteiger partial charge in [-0.3, -0.25) is 0 Å². The van der Waals surface area contributed by atoms with Gasteiger partial charge in [0.05, 0.1) is 23.7 Å². The summed E-state index contributed by atoms with van der Waals surface area (Å²) in [6.45, 7) is -0.377. The molecule has 8 heteroatoms. The fourth-order valence-electron chi connectivity index (χ4n) is 1.67. The van der Waals surface area contributed by atoms with Crippen LogP contribution >= 0.6 is 27.7 Å². The number of nitrogens with one attached hydrogen (secondary N) is 2. The number of aromatic nitrogens is 2. The van der Waals surface area contributed by atoms with Gasteiger partial charge < -0.3 is 20.8 Å². The summed E-state index contributed by atoms with van der Waals surface area (Å²) in [5.74, 6) is 0.934. The van der Waals surface area contributed by atoms with Crippen LogP contribution in [0.25, 0.3) is 0 Å². The van der Waals surface area contributed by atoms with Crippen LogP contribution in [0.3, 0.4) is 0 Å². The fourth-order valence-corrected chi connectivity index (χ4v) is 2.39. The molecule has 4 N–H and O–H groups in total. The number of halogens is 1. The van der Waals surface area contributed by atoms with Crippen molar-refractivity contribution < 1.29 is 10.2 Å². The first-order valence-electron chi connectivity index (χ1n) is 6.58. The van der Waals surface area contributed by atoms with Crippen LogP contribution in [0, 0.1) is 0 Å². The highest BCUT2D eigenvalue weighted by molar-refractivity contribution is 9.10. The van der Waals surface area contributed by atoms with Gasteiger partial charge in [0, 0.05) is 16.8 Å². The zero-order valence-corrected chi connectivity index (χ0v) is 14.4. The topological polar surface area (TPSA) is 90.3 Å². The Bertz CT molecular complexity index is 608. The molecule has 0 bridgehead atoms. The highest BCUT2D eigenvalue weighted by atomic mass is 79.9. The maximum absolute atomic E-state index is 9.13. The van der Waals surface area contributed by atoms with E-state index < -0.39 is 6.04 Å². The van der Waals surface area contributed by atoms with Crippen molar-refractivity contribution in [3.8, 4) is 0 Å². The summed E-state index contributed by atoms with van der Waals surface area (Å²) in [6, 6.07) is 7.46. The maximum Gasteiger partial charge on any atom is 0.229 e. The average Bonchev–Trinajstić information content (AvgIpc) is 2.56. The molecule has 0 aliphatic rings. The lowest BCUT2D eigenvalue weighted by molar-refractivity contribution is 0.203. The van der Waals surface area contributed by atoms with Crippen molar-refractivity contribution in [1.29, 1.82) is 0 Å². The van der Waals surface area contributed by atoms with E-state index in [-0.39, 0.29) is 13.2 Å². The third-order valence-corrected chi connectivity index (χ3v) is 4.20. The molecule has 0 aliphatic heterocycles. The van der Waals surface area contributed by atoms with Gasteiger partial charge in [-0.05, 0) is 46.5 Å². The molecule has 0 saturated carbocycles. The molecule has 0 unspecified atom stereocenters. The molecule has 0 radical (unpaired) electrons. The van der Waals surface area contributed by atoms with Crippen LogP contribution in [0.1, 0.15) is 0 Å². The van der Waals surface area contributed by atoms with Gasteiger partial charge in [-0.15, -0.1) is 11.8 Å². The summed E-state index contributed by atoms with van der Waals surface area (Å²) in [5, 5.41) is 24.3. The Labute approximate surface area is 141 Å². The van der Waals surface area contributed by atoms with Crippen LogP contribution in [-0.4, -0.2) is 45.7 Å². The lowest BCUT2D eigenvalue weighted by atomic mass is 10.3. The van der Waals surface area contributed by atoms with E-state index in [1.807, 2.05) is 30.5 Å². The third-order valence-electron chi connectivity index (χ3n) is 2.87. The van der Waals surface area contributed by atoms with Crippen LogP contribution in [-0.2, 0) is 0 Å². The van der Waals surface area contributed by atoms with E-state index in [2.05, 4.69) is 36.5 Å². The van der Waals surface area contributed by atoms with Gasteiger partial charge >= 0.3 is 0 Å². The molecule has 1 aromatic carbocycles. The highest BCUT2D eigenvalue weighted by Crippen LogP contribution is 2.23. The molecule has 0 atom stereocenters. The van der Waals surface area contributed by atoms with E-state index in [0.29, 0.717) is 16.2 Å². The summed E-state index contributed by atoms with van der Waals surface area (Å²) in [4.78, 5) is 9.71. The minimum Gasteiger partial charge on any atom is -0.394 e. The number of anilines is 3. The van der Waals surface area contributed by atoms with Gasteiger partial charge in [0.2, 0.25) is 5.95 Å². The standard InChI is InChI=1S/C14H17BrN4O2S/c1-22-11-4-2-9(3-5-11)18-14-16-6-12(15)13(19-14)17-10(7-20)8-21/h2-6,10,20-21H,7-8H2,1H3,(H2,16,17,18,19). The molecule has 6 nitrogen and oxygen atoms in total.